The molecule has 2 aromatic rings. The summed E-state index contributed by atoms with van der Waals surface area (Å²) in [6, 6.07) is 11.8. The molecule has 1 aliphatic heterocycles. The van der Waals surface area contributed by atoms with Crippen molar-refractivity contribution in [3.8, 4) is 11.5 Å². The summed E-state index contributed by atoms with van der Waals surface area (Å²) in [5.74, 6) is 1.74. The van der Waals surface area contributed by atoms with Gasteiger partial charge < -0.3 is 35.7 Å². The Morgan fingerprint density at radius 2 is 1.22 bits per heavy atom. The van der Waals surface area contributed by atoms with Gasteiger partial charge in [0.05, 0.1) is 47.3 Å². The molecule has 232 valence electrons. The number of rotatable bonds is 10. The summed E-state index contributed by atoms with van der Waals surface area (Å²) >= 11 is 10.2. The van der Waals surface area contributed by atoms with Crippen LogP contribution < -0.4 is 39.0 Å². The van der Waals surface area contributed by atoms with Crippen LogP contribution in [-0.2, 0) is 21.4 Å². The minimum Gasteiger partial charge on any atom is -1.00 e. The smallest absolute Gasteiger partial charge is 1.00 e. The molecule has 0 aliphatic carbocycles. The fourth-order valence-electron chi connectivity index (χ4n) is 2.75. The van der Waals surface area contributed by atoms with Crippen molar-refractivity contribution in [1.29, 1.82) is 0 Å². The maximum Gasteiger partial charge on any atom is 1.00 e. The second-order valence-electron chi connectivity index (χ2n) is 10.7. The summed E-state index contributed by atoms with van der Waals surface area (Å²) < 4.78 is 23.0. The molecule has 0 aromatic heterocycles. The first-order valence-electron chi connectivity index (χ1n) is 13.1. The fraction of sp³-hybridized carbons (Fsp3) is 0.600. The molecule has 11 heteroatoms. The normalized spacial score (nSPS) is 12.4. The van der Waals surface area contributed by atoms with Gasteiger partial charge in [-0.1, -0.05) is 75.5 Å². The van der Waals surface area contributed by atoms with Gasteiger partial charge in [-0.05, 0) is 49.2 Å². The maximum absolute atomic E-state index is 9.12. The first-order chi connectivity index (χ1) is 18.9. The topological polar surface area (TPSA) is 97.6 Å². The van der Waals surface area contributed by atoms with Gasteiger partial charge in [0, 0.05) is 49.4 Å². The Balaban J connectivity index is -0.000000523. The molecule has 1 saturated heterocycles. The number of alkyl halides is 1. The van der Waals surface area contributed by atoms with Crippen molar-refractivity contribution in [3.05, 3.63) is 56.5 Å². The van der Waals surface area contributed by atoms with Crippen LogP contribution in [0.15, 0.2) is 45.3 Å². The van der Waals surface area contributed by atoms with Gasteiger partial charge in [-0.2, -0.15) is 0 Å². The zero-order valence-electron chi connectivity index (χ0n) is 26.6. The molecule has 0 bridgehead atoms. The van der Waals surface area contributed by atoms with Crippen LogP contribution in [0.25, 0.3) is 0 Å². The van der Waals surface area contributed by atoms with E-state index in [0.717, 1.165) is 50.1 Å². The minimum atomic E-state index is -0.306. The van der Waals surface area contributed by atoms with Crippen LogP contribution in [0.5, 0.6) is 11.5 Å². The Hall–Kier alpha value is 0.280. The Bertz CT molecular complexity index is 936. The Labute approximate surface area is 295 Å². The molecule has 0 atom stereocenters. The van der Waals surface area contributed by atoms with Gasteiger partial charge in [-0.25, -0.2) is 0 Å². The minimum absolute atomic E-state index is 0. The van der Waals surface area contributed by atoms with E-state index >= 15 is 0 Å². The standard InChI is InChI=1S/C13H19BrO3.C8H8Br2O.C5H12O2.C4H8O.Na.H/c1-13(2,8-15)9-17-7-10-6-11(14)4-5-12(10)16-3;1-11-8-3-2-7(10)4-6(8)5-9;1-5(2,3-6)4-7;1-2-4-5-3-1;;/h4-6,15H,7-9H2,1-3H3;2-4H,5H2,1H3;6-7H,3-4H2,1-2H3;1-4H2;;/q;;;;+1;-1. The van der Waals surface area contributed by atoms with E-state index in [4.69, 9.17) is 34.3 Å². The largest absolute Gasteiger partial charge is 1.00 e. The van der Waals surface area contributed by atoms with E-state index in [2.05, 4.69) is 47.8 Å². The number of ether oxygens (including phenoxy) is 4. The van der Waals surface area contributed by atoms with E-state index < -0.39 is 0 Å². The van der Waals surface area contributed by atoms with E-state index in [9.17, 15) is 0 Å². The Morgan fingerprint density at radius 3 is 1.56 bits per heavy atom. The van der Waals surface area contributed by atoms with Crippen LogP contribution >= 0.6 is 47.8 Å². The molecule has 1 aliphatic rings. The van der Waals surface area contributed by atoms with Gasteiger partial charge in [0.1, 0.15) is 11.5 Å². The number of halogens is 3. The molecule has 3 N–H and O–H groups in total. The van der Waals surface area contributed by atoms with Crippen molar-refractivity contribution < 1.29 is 65.3 Å². The molecule has 1 fully saturated rings. The summed E-state index contributed by atoms with van der Waals surface area (Å²) in [5, 5.41) is 26.8. The molecule has 7 nitrogen and oxygen atoms in total. The van der Waals surface area contributed by atoms with Gasteiger partial charge in [-0.3, -0.25) is 0 Å². The van der Waals surface area contributed by atoms with Gasteiger partial charge >= 0.3 is 29.6 Å². The van der Waals surface area contributed by atoms with E-state index in [1.807, 2.05) is 50.2 Å². The first-order valence-corrected chi connectivity index (χ1v) is 15.8. The second kappa shape index (κ2) is 24.6. The zero-order chi connectivity index (χ0) is 30.6. The van der Waals surface area contributed by atoms with E-state index in [1.165, 1.54) is 12.8 Å². The van der Waals surface area contributed by atoms with E-state index in [0.29, 0.717) is 13.2 Å². The van der Waals surface area contributed by atoms with Crippen molar-refractivity contribution >= 4 is 47.8 Å². The van der Waals surface area contributed by atoms with Gasteiger partial charge in [0.2, 0.25) is 0 Å². The number of benzene rings is 2. The first kappa shape index (κ1) is 43.4. The molecule has 1 heterocycles. The average molecular weight is 783 g/mol. The Kier molecular flexibility index (Phi) is 26.0. The number of hydrogen-bond donors (Lipinski definition) is 3. The molecule has 0 unspecified atom stereocenters. The molecule has 0 amide bonds. The predicted molar refractivity (Wildman–Crippen MR) is 174 cm³/mol. The van der Waals surface area contributed by atoms with E-state index in [1.54, 1.807) is 28.1 Å². The second-order valence-corrected chi connectivity index (χ2v) is 13.1. The third-order valence-electron chi connectivity index (χ3n) is 5.49. The molecular weight excluding hydrogens is 735 g/mol. The van der Waals surface area contributed by atoms with Gasteiger partial charge in [0.25, 0.3) is 0 Å². The third kappa shape index (κ3) is 20.8. The summed E-state index contributed by atoms with van der Waals surface area (Å²) in [6.07, 6.45) is 2.56. The Morgan fingerprint density at radius 1 is 0.780 bits per heavy atom. The molecule has 41 heavy (non-hydrogen) atoms. The van der Waals surface area contributed by atoms with E-state index in [-0.39, 0.29) is 61.6 Å². The SMILES string of the molecule is C1CCOC1.CC(C)(CO)CO.COc1ccc(Br)cc1CBr.COc1ccc(Br)cc1COCC(C)(C)CO.[H-].[Na+]. The van der Waals surface area contributed by atoms with Crippen LogP contribution in [0.3, 0.4) is 0 Å². The zero-order valence-corrected chi connectivity index (χ0v) is 32.4. The summed E-state index contributed by atoms with van der Waals surface area (Å²) in [6.45, 7) is 10.7. The summed E-state index contributed by atoms with van der Waals surface area (Å²) in [5.41, 5.74) is 1.64. The molecular formula is C30H48Br3NaO7. The van der Waals surface area contributed by atoms with Crippen molar-refractivity contribution in [1.82, 2.24) is 0 Å². The quantitative estimate of drug-likeness (QED) is 0.245. The van der Waals surface area contributed by atoms with Crippen LogP contribution in [0.1, 0.15) is 53.1 Å². The number of hydrogen-bond acceptors (Lipinski definition) is 7. The van der Waals surface area contributed by atoms with Crippen molar-refractivity contribution in [2.45, 2.75) is 52.5 Å². The van der Waals surface area contributed by atoms with Crippen LogP contribution in [0.4, 0.5) is 0 Å². The molecule has 0 spiro atoms. The molecule has 3 rings (SSSR count). The number of aliphatic hydroxyl groups is 3. The molecule has 0 radical (unpaired) electrons. The van der Waals surface area contributed by atoms with Crippen molar-refractivity contribution in [3.63, 3.8) is 0 Å². The number of methoxy groups -OCH3 is 2. The van der Waals surface area contributed by atoms with Gasteiger partial charge in [0.15, 0.2) is 0 Å². The fourth-order valence-corrected chi connectivity index (χ4v) is 4.01. The van der Waals surface area contributed by atoms with Gasteiger partial charge in [-0.15, -0.1) is 0 Å². The predicted octanol–water partition coefficient (Wildman–Crippen LogP) is 4.26. The third-order valence-corrected chi connectivity index (χ3v) is 7.08. The van der Waals surface area contributed by atoms with Crippen LogP contribution in [0, 0.1) is 10.8 Å². The molecule has 0 saturated carbocycles. The van der Waals surface area contributed by atoms with Crippen LogP contribution in [0.2, 0.25) is 0 Å². The maximum atomic E-state index is 9.12. The monoisotopic (exact) mass is 780 g/mol. The average Bonchev–Trinajstić information content (AvgIpc) is 3.54. The van der Waals surface area contributed by atoms with Crippen LogP contribution in [-0.4, -0.2) is 69.2 Å². The molecule has 2 aromatic carbocycles. The van der Waals surface area contributed by atoms with Crippen molar-refractivity contribution in [2.75, 3.05) is 53.9 Å². The summed E-state index contributed by atoms with van der Waals surface area (Å²) in [7, 11) is 3.32. The number of aliphatic hydroxyl groups excluding tert-OH is 3. The summed E-state index contributed by atoms with van der Waals surface area (Å²) in [4.78, 5) is 0. The van der Waals surface area contributed by atoms with Crippen molar-refractivity contribution in [2.24, 2.45) is 10.8 Å².